The van der Waals surface area contributed by atoms with Gasteiger partial charge in [-0.2, -0.15) is 5.10 Å². The summed E-state index contributed by atoms with van der Waals surface area (Å²) >= 11 is 0. The van der Waals surface area contributed by atoms with Crippen molar-refractivity contribution in [2.24, 2.45) is 13.0 Å². The molecule has 0 unspecified atom stereocenters. The Labute approximate surface area is 160 Å². The predicted molar refractivity (Wildman–Crippen MR) is 105 cm³/mol. The van der Waals surface area contributed by atoms with Gasteiger partial charge in [0.25, 0.3) is 0 Å². The molecule has 1 fully saturated rings. The molecule has 1 aliphatic rings. The lowest BCUT2D eigenvalue weighted by atomic mass is 9.93. The molecule has 1 amide bonds. The maximum absolute atomic E-state index is 12.5. The third-order valence-corrected chi connectivity index (χ3v) is 5.39. The van der Waals surface area contributed by atoms with Crippen LogP contribution in [0.4, 0.5) is 0 Å². The average Bonchev–Trinajstić information content (AvgIpc) is 2.96. The fraction of sp³-hybridized carbons (Fsp3) is 0.550. The molecule has 146 valence electrons. The number of hydrogen-bond acceptors (Lipinski definition) is 4. The van der Waals surface area contributed by atoms with Crippen molar-refractivity contribution in [3.63, 3.8) is 0 Å². The van der Waals surface area contributed by atoms with Crippen LogP contribution in [0.3, 0.4) is 0 Å². The summed E-state index contributed by atoms with van der Waals surface area (Å²) < 4.78 is 3.11. The largest absolute Gasteiger partial charge is 0.350 e. The molecule has 1 aromatic heterocycles. The van der Waals surface area contributed by atoms with Gasteiger partial charge >= 0.3 is 5.69 Å². The van der Waals surface area contributed by atoms with Crippen LogP contribution in [0, 0.1) is 5.92 Å². The second kappa shape index (κ2) is 8.52. The van der Waals surface area contributed by atoms with Gasteiger partial charge in [-0.3, -0.25) is 9.69 Å². The Morgan fingerprint density at radius 2 is 1.89 bits per heavy atom. The van der Waals surface area contributed by atoms with Crippen LogP contribution >= 0.6 is 0 Å². The summed E-state index contributed by atoms with van der Waals surface area (Å²) in [6.45, 7) is 4.97. The number of nitrogens with zero attached hydrogens (tertiary/aromatic N) is 5. The Hall–Kier alpha value is -2.41. The maximum Gasteiger partial charge on any atom is 0.350 e. The Morgan fingerprint density at radius 3 is 2.52 bits per heavy atom. The van der Waals surface area contributed by atoms with E-state index >= 15 is 0 Å². The van der Waals surface area contributed by atoms with Gasteiger partial charge in [-0.25, -0.2) is 14.0 Å². The Bertz CT molecular complexity index is 819. The molecule has 7 nitrogen and oxygen atoms in total. The van der Waals surface area contributed by atoms with E-state index in [0.717, 1.165) is 50.4 Å². The molecule has 0 N–H and O–H groups in total. The first-order chi connectivity index (χ1) is 13.0. The molecule has 0 spiro atoms. The van der Waals surface area contributed by atoms with Gasteiger partial charge in [-0.15, -0.1) is 0 Å². The number of aromatic nitrogens is 3. The number of likely N-dealkylation sites (N-methyl/N-ethyl adjacent to an activating group) is 1. The molecule has 0 saturated carbocycles. The lowest BCUT2D eigenvalue weighted by Gasteiger charge is -2.32. The molecular weight excluding hydrogens is 342 g/mol. The SMILES string of the molecule is CCN(C)CC(=O)N1CCC(Cc2nn(C)c(=O)n2-c2ccccc2)CC1. The molecule has 1 aromatic carbocycles. The molecule has 1 aliphatic heterocycles. The molecule has 0 aliphatic carbocycles. The molecular formula is C20H29N5O2. The van der Waals surface area contributed by atoms with E-state index in [1.807, 2.05) is 47.2 Å². The minimum atomic E-state index is -0.119. The Balaban J connectivity index is 1.66. The van der Waals surface area contributed by atoms with Crippen molar-refractivity contribution in [1.82, 2.24) is 24.1 Å². The highest BCUT2D eigenvalue weighted by molar-refractivity contribution is 5.78. The zero-order valence-corrected chi connectivity index (χ0v) is 16.5. The van der Waals surface area contributed by atoms with Crippen molar-refractivity contribution in [3.05, 3.63) is 46.6 Å². The summed E-state index contributed by atoms with van der Waals surface area (Å²) in [7, 11) is 3.66. The second-order valence-electron chi connectivity index (χ2n) is 7.35. The van der Waals surface area contributed by atoms with Gasteiger partial charge in [-0.1, -0.05) is 25.1 Å². The van der Waals surface area contributed by atoms with Crippen LogP contribution in [0.2, 0.25) is 0 Å². The van der Waals surface area contributed by atoms with Crippen LogP contribution < -0.4 is 5.69 Å². The minimum absolute atomic E-state index is 0.119. The topological polar surface area (TPSA) is 63.4 Å². The number of aryl methyl sites for hydroxylation is 1. The predicted octanol–water partition coefficient (Wildman–Crippen LogP) is 1.30. The molecule has 2 aromatic rings. The molecule has 0 bridgehead atoms. The highest BCUT2D eigenvalue weighted by atomic mass is 16.2. The number of para-hydroxylation sites is 1. The zero-order valence-electron chi connectivity index (χ0n) is 16.5. The van der Waals surface area contributed by atoms with E-state index < -0.39 is 0 Å². The smallest absolute Gasteiger partial charge is 0.342 e. The number of piperidine rings is 1. The summed E-state index contributed by atoms with van der Waals surface area (Å²) in [5.74, 6) is 1.43. The van der Waals surface area contributed by atoms with E-state index in [2.05, 4.69) is 12.0 Å². The first kappa shape index (κ1) is 19.4. The number of carbonyl (C=O) groups excluding carboxylic acids is 1. The lowest BCUT2D eigenvalue weighted by molar-refractivity contribution is -0.133. The van der Waals surface area contributed by atoms with E-state index in [1.54, 1.807) is 11.6 Å². The third-order valence-electron chi connectivity index (χ3n) is 5.39. The highest BCUT2D eigenvalue weighted by Crippen LogP contribution is 2.22. The number of carbonyl (C=O) groups is 1. The fourth-order valence-corrected chi connectivity index (χ4v) is 3.57. The summed E-state index contributed by atoms with van der Waals surface area (Å²) in [6.07, 6.45) is 2.64. The molecule has 0 atom stereocenters. The van der Waals surface area contributed by atoms with Crippen molar-refractivity contribution in [3.8, 4) is 5.69 Å². The van der Waals surface area contributed by atoms with Gasteiger partial charge in [0.1, 0.15) is 5.82 Å². The van der Waals surface area contributed by atoms with Crippen molar-refractivity contribution >= 4 is 5.91 Å². The molecule has 3 rings (SSSR count). The van der Waals surface area contributed by atoms with E-state index in [0.29, 0.717) is 12.5 Å². The van der Waals surface area contributed by atoms with Crippen LogP contribution in [-0.4, -0.2) is 63.3 Å². The van der Waals surface area contributed by atoms with Gasteiger partial charge in [0.2, 0.25) is 5.91 Å². The second-order valence-corrected chi connectivity index (χ2v) is 7.35. The summed E-state index contributed by atoms with van der Waals surface area (Å²) in [6, 6.07) is 9.65. The first-order valence-corrected chi connectivity index (χ1v) is 9.66. The van der Waals surface area contributed by atoms with E-state index in [4.69, 9.17) is 0 Å². The molecule has 1 saturated heterocycles. The fourth-order valence-electron chi connectivity index (χ4n) is 3.57. The highest BCUT2D eigenvalue weighted by Gasteiger charge is 2.25. The normalized spacial score (nSPS) is 15.5. The van der Waals surface area contributed by atoms with Gasteiger partial charge in [-0.05, 0) is 44.5 Å². The summed E-state index contributed by atoms with van der Waals surface area (Å²) in [5.41, 5.74) is 0.729. The van der Waals surface area contributed by atoms with Crippen molar-refractivity contribution < 1.29 is 4.79 Å². The Morgan fingerprint density at radius 1 is 1.22 bits per heavy atom. The van der Waals surface area contributed by atoms with Crippen LogP contribution in [0.15, 0.2) is 35.1 Å². The van der Waals surface area contributed by atoms with Gasteiger partial charge in [0.05, 0.1) is 12.2 Å². The van der Waals surface area contributed by atoms with Crippen LogP contribution in [-0.2, 0) is 18.3 Å². The minimum Gasteiger partial charge on any atom is -0.342 e. The molecule has 7 heteroatoms. The van der Waals surface area contributed by atoms with Gasteiger partial charge < -0.3 is 4.90 Å². The monoisotopic (exact) mass is 371 g/mol. The van der Waals surface area contributed by atoms with Crippen molar-refractivity contribution in [1.29, 1.82) is 0 Å². The molecule has 0 radical (unpaired) electrons. The molecule has 2 heterocycles. The van der Waals surface area contributed by atoms with Crippen LogP contribution in [0.25, 0.3) is 5.69 Å². The van der Waals surface area contributed by atoms with E-state index in [9.17, 15) is 9.59 Å². The number of likely N-dealkylation sites (tertiary alicyclic amines) is 1. The molecule has 27 heavy (non-hydrogen) atoms. The number of hydrogen-bond donors (Lipinski definition) is 0. The van der Waals surface area contributed by atoms with Gasteiger partial charge in [0.15, 0.2) is 0 Å². The number of benzene rings is 1. The van der Waals surface area contributed by atoms with E-state index in [-0.39, 0.29) is 11.6 Å². The Kier molecular flexibility index (Phi) is 6.11. The standard InChI is InChI=1S/C20H29N5O2/c1-4-22(2)15-19(26)24-12-10-16(11-13-24)14-18-21-23(3)20(27)25(18)17-8-6-5-7-9-17/h5-9,16H,4,10-15H2,1-3H3. The summed E-state index contributed by atoms with van der Waals surface area (Å²) in [4.78, 5) is 28.8. The van der Waals surface area contributed by atoms with Gasteiger partial charge in [0, 0.05) is 26.6 Å². The third kappa shape index (κ3) is 4.47. The van der Waals surface area contributed by atoms with Crippen molar-refractivity contribution in [2.45, 2.75) is 26.2 Å². The number of amides is 1. The first-order valence-electron chi connectivity index (χ1n) is 9.66. The van der Waals surface area contributed by atoms with E-state index in [1.165, 1.54) is 4.68 Å². The number of rotatable bonds is 6. The maximum atomic E-state index is 12.5. The van der Waals surface area contributed by atoms with Crippen molar-refractivity contribution in [2.75, 3.05) is 33.2 Å². The van der Waals surface area contributed by atoms with Crippen LogP contribution in [0.5, 0.6) is 0 Å². The lowest BCUT2D eigenvalue weighted by Crippen LogP contribution is -2.43. The van der Waals surface area contributed by atoms with Crippen LogP contribution in [0.1, 0.15) is 25.6 Å². The zero-order chi connectivity index (χ0) is 19.4. The average molecular weight is 371 g/mol. The quantitative estimate of drug-likeness (QED) is 0.768. The summed E-state index contributed by atoms with van der Waals surface area (Å²) in [5, 5.41) is 4.47.